The molecule has 0 fully saturated rings. The second kappa shape index (κ2) is 5.72. The maximum atomic E-state index is 11.7. The van der Waals surface area contributed by atoms with E-state index in [1.54, 1.807) is 31.8 Å². The fourth-order valence-electron chi connectivity index (χ4n) is 3.02. The molecule has 3 aromatic rings. The van der Waals surface area contributed by atoms with Crippen LogP contribution in [-0.2, 0) is 10.2 Å². The number of ether oxygens (including phenoxy) is 1. The van der Waals surface area contributed by atoms with E-state index in [0.29, 0.717) is 11.4 Å². The van der Waals surface area contributed by atoms with Crippen LogP contribution in [0.15, 0.2) is 43.0 Å². The van der Waals surface area contributed by atoms with Gasteiger partial charge in [0.1, 0.15) is 11.4 Å². The Hall–Kier alpha value is -2.89. The van der Waals surface area contributed by atoms with Crippen molar-refractivity contribution in [3.8, 4) is 5.75 Å². The molecule has 0 aliphatic carbocycles. The first kappa shape index (κ1) is 15.0. The van der Waals surface area contributed by atoms with Crippen LogP contribution in [0.2, 0.25) is 0 Å². The zero-order valence-corrected chi connectivity index (χ0v) is 13.0. The van der Waals surface area contributed by atoms with Gasteiger partial charge in [0.15, 0.2) is 0 Å². The molecule has 0 aliphatic rings. The van der Waals surface area contributed by atoms with E-state index in [2.05, 4.69) is 15.0 Å². The number of carbonyl (C=O) groups is 1. The van der Waals surface area contributed by atoms with Gasteiger partial charge in [-0.05, 0) is 23.3 Å². The minimum Gasteiger partial charge on any atom is -0.496 e. The summed E-state index contributed by atoms with van der Waals surface area (Å²) in [5.74, 6) is 0.319. The Balaban J connectivity index is 2.28. The molecule has 0 aliphatic heterocycles. The molecule has 3 heterocycles. The highest BCUT2D eigenvalue weighted by Gasteiger charge is 2.34. The van der Waals surface area contributed by atoms with Crippen LogP contribution in [-0.4, -0.2) is 28.0 Å². The summed E-state index contributed by atoms with van der Waals surface area (Å²) in [6, 6.07) is 5.59. The number of nitrogens with two attached hydrogens (primary N) is 1. The lowest BCUT2D eigenvalue weighted by Gasteiger charge is -2.29. The fourth-order valence-corrected chi connectivity index (χ4v) is 3.02. The van der Waals surface area contributed by atoms with Gasteiger partial charge in [-0.25, -0.2) is 4.98 Å². The number of primary amides is 1. The first-order valence-corrected chi connectivity index (χ1v) is 7.25. The maximum Gasteiger partial charge on any atom is 0.218 e. The normalized spacial score (nSPS) is 13.7. The Labute approximate surface area is 133 Å². The van der Waals surface area contributed by atoms with Crippen LogP contribution < -0.4 is 10.5 Å². The van der Waals surface area contributed by atoms with Crippen LogP contribution in [0.3, 0.4) is 0 Å². The number of hydrogen-bond donors (Lipinski definition) is 2. The highest BCUT2D eigenvalue weighted by molar-refractivity contribution is 5.89. The molecule has 3 N–H and O–H groups in total. The predicted molar refractivity (Wildman–Crippen MR) is 87.1 cm³/mol. The standard InChI is InChI=1S/C17H18N4O2/c1-17(8-14(18)22,11-4-3-6-19-9-11)12-10-21-16-15(12)13(23-2)5-7-20-16/h3-7,9-10H,8H2,1-2H3,(H2,18,22)(H,20,21). The van der Waals surface area contributed by atoms with Crippen molar-refractivity contribution in [2.24, 2.45) is 5.73 Å². The van der Waals surface area contributed by atoms with E-state index < -0.39 is 5.41 Å². The molecule has 0 spiro atoms. The van der Waals surface area contributed by atoms with Crippen molar-refractivity contribution in [1.29, 1.82) is 0 Å². The predicted octanol–water partition coefficient (Wildman–Crippen LogP) is 2.15. The minimum atomic E-state index is -0.630. The molecule has 23 heavy (non-hydrogen) atoms. The minimum absolute atomic E-state index is 0.156. The zero-order valence-electron chi connectivity index (χ0n) is 13.0. The Kier molecular flexibility index (Phi) is 3.73. The summed E-state index contributed by atoms with van der Waals surface area (Å²) in [6.07, 6.45) is 7.15. The number of carbonyl (C=O) groups excluding carboxylic acids is 1. The number of H-pyrrole nitrogens is 1. The van der Waals surface area contributed by atoms with Crippen LogP contribution in [0.5, 0.6) is 5.75 Å². The van der Waals surface area contributed by atoms with Crippen LogP contribution in [0.25, 0.3) is 11.0 Å². The number of nitrogens with zero attached hydrogens (tertiary/aromatic N) is 2. The summed E-state index contributed by atoms with van der Waals surface area (Å²) in [7, 11) is 1.61. The van der Waals surface area contributed by atoms with Crippen molar-refractivity contribution in [1.82, 2.24) is 15.0 Å². The van der Waals surface area contributed by atoms with Crippen molar-refractivity contribution in [3.05, 3.63) is 54.1 Å². The lowest BCUT2D eigenvalue weighted by atomic mass is 9.74. The summed E-state index contributed by atoms with van der Waals surface area (Å²) in [6.45, 7) is 1.98. The molecule has 1 atom stereocenters. The number of methoxy groups -OCH3 is 1. The Morgan fingerprint density at radius 1 is 1.39 bits per heavy atom. The van der Waals surface area contributed by atoms with Gasteiger partial charge in [-0.1, -0.05) is 13.0 Å². The fraction of sp³-hybridized carbons (Fsp3) is 0.235. The number of aromatic nitrogens is 3. The molecule has 0 bridgehead atoms. The third kappa shape index (κ3) is 2.52. The van der Waals surface area contributed by atoms with Gasteiger partial charge in [0.25, 0.3) is 0 Å². The SMILES string of the molecule is COc1ccnc2[nH]cc(C(C)(CC(N)=O)c3cccnc3)c12. The monoisotopic (exact) mass is 310 g/mol. The van der Waals surface area contributed by atoms with E-state index in [-0.39, 0.29) is 12.3 Å². The average molecular weight is 310 g/mol. The second-order valence-electron chi connectivity index (χ2n) is 5.66. The number of hydrogen-bond acceptors (Lipinski definition) is 4. The van der Waals surface area contributed by atoms with Gasteiger partial charge in [0, 0.05) is 36.6 Å². The number of aromatic amines is 1. The highest BCUT2D eigenvalue weighted by Crippen LogP contribution is 2.41. The molecule has 1 amide bonds. The van der Waals surface area contributed by atoms with Crippen molar-refractivity contribution in [3.63, 3.8) is 0 Å². The van der Waals surface area contributed by atoms with Gasteiger partial charge in [-0.3, -0.25) is 9.78 Å². The molecule has 6 heteroatoms. The third-order valence-corrected chi connectivity index (χ3v) is 4.18. The molecular formula is C17H18N4O2. The van der Waals surface area contributed by atoms with Crippen LogP contribution in [0, 0.1) is 0 Å². The number of pyridine rings is 2. The topological polar surface area (TPSA) is 93.9 Å². The van der Waals surface area contributed by atoms with E-state index in [0.717, 1.165) is 16.5 Å². The maximum absolute atomic E-state index is 11.7. The lowest BCUT2D eigenvalue weighted by Crippen LogP contribution is -2.30. The molecule has 6 nitrogen and oxygen atoms in total. The first-order valence-electron chi connectivity index (χ1n) is 7.25. The number of rotatable bonds is 5. The van der Waals surface area contributed by atoms with Gasteiger partial charge in [-0.15, -0.1) is 0 Å². The largest absolute Gasteiger partial charge is 0.496 e. The molecule has 0 aromatic carbocycles. The highest BCUT2D eigenvalue weighted by atomic mass is 16.5. The Morgan fingerprint density at radius 2 is 2.22 bits per heavy atom. The third-order valence-electron chi connectivity index (χ3n) is 4.18. The van der Waals surface area contributed by atoms with Crippen LogP contribution in [0.4, 0.5) is 0 Å². The summed E-state index contributed by atoms with van der Waals surface area (Å²) < 4.78 is 5.47. The summed E-state index contributed by atoms with van der Waals surface area (Å²) in [5.41, 5.74) is 7.41. The molecule has 0 radical (unpaired) electrons. The van der Waals surface area contributed by atoms with E-state index in [9.17, 15) is 4.79 Å². The first-order chi connectivity index (χ1) is 11.1. The zero-order chi connectivity index (χ0) is 16.4. The molecule has 3 aromatic heterocycles. The van der Waals surface area contributed by atoms with Gasteiger partial charge in [0.2, 0.25) is 5.91 Å². The summed E-state index contributed by atoms with van der Waals surface area (Å²) in [4.78, 5) is 23.4. The van der Waals surface area contributed by atoms with Crippen molar-refractivity contribution < 1.29 is 9.53 Å². The molecule has 0 saturated heterocycles. The van der Waals surface area contributed by atoms with Gasteiger partial charge in [-0.2, -0.15) is 0 Å². The smallest absolute Gasteiger partial charge is 0.218 e. The average Bonchev–Trinajstić information content (AvgIpc) is 2.99. The number of nitrogens with one attached hydrogen (secondary N) is 1. The van der Waals surface area contributed by atoms with Crippen LogP contribution >= 0.6 is 0 Å². The van der Waals surface area contributed by atoms with Crippen LogP contribution in [0.1, 0.15) is 24.5 Å². The molecule has 118 valence electrons. The molecular weight excluding hydrogens is 292 g/mol. The van der Waals surface area contributed by atoms with Gasteiger partial charge < -0.3 is 15.5 Å². The summed E-state index contributed by atoms with van der Waals surface area (Å²) >= 11 is 0. The molecule has 0 saturated carbocycles. The lowest BCUT2D eigenvalue weighted by molar-refractivity contribution is -0.118. The van der Waals surface area contributed by atoms with Gasteiger partial charge >= 0.3 is 0 Å². The second-order valence-corrected chi connectivity index (χ2v) is 5.66. The molecule has 3 rings (SSSR count). The number of amides is 1. The van der Waals surface area contributed by atoms with E-state index in [1.807, 2.05) is 25.3 Å². The Morgan fingerprint density at radius 3 is 2.87 bits per heavy atom. The summed E-state index contributed by atoms with van der Waals surface area (Å²) in [5, 5.41) is 0.850. The van der Waals surface area contributed by atoms with E-state index >= 15 is 0 Å². The van der Waals surface area contributed by atoms with Crippen molar-refractivity contribution >= 4 is 16.9 Å². The Bertz CT molecular complexity index is 844. The van der Waals surface area contributed by atoms with E-state index in [1.165, 1.54) is 0 Å². The van der Waals surface area contributed by atoms with Crippen molar-refractivity contribution in [2.75, 3.05) is 7.11 Å². The van der Waals surface area contributed by atoms with Crippen molar-refractivity contribution in [2.45, 2.75) is 18.8 Å². The van der Waals surface area contributed by atoms with E-state index in [4.69, 9.17) is 10.5 Å². The quantitative estimate of drug-likeness (QED) is 0.755. The van der Waals surface area contributed by atoms with Gasteiger partial charge in [0.05, 0.1) is 12.5 Å². The number of fused-ring (bicyclic) bond motifs is 1. The molecule has 1 unspecified atom stereocenters.